The van der Waals surface area contributed by atoms with Crippen LogP contribution in [0.2, 0.25) is 0 Å². The van der Waals surface area contributed by atoms with Crippen LogP contribution in [0.1, 0.15) is 0 Å². The molecule has 0 bridgehead atoms. The Kier molecular flexibility index (Phi) is 8.17. The van der Waals surface area contributed by atoms with E-state index in [2.05, 4.69) is 146 Å². The number of rotatable bonds is 8. The first-order chi connectivity index (χ1) is 22.7. The van der Waals surface area contributed by atoms with Gasteiger partial charge < -0.3 is 9.47 Å². The molecule has 0 aliphatic rings. The Balaban J connectivity index is 1.38. The fraction of sp³-hybridized carbons (Fsp3) is 0.0455. The predicted molar refractivity (Wildman–Crippen MR) is 192 cm³/mol. The maximum Gasteiger partial charge on any atom is 0.118 e. The normalized spacial score (nSPS) is 10.8. The molecule has 0 N–H and O–H groups in total. The predicted octanol–water partition coefficient (Wildman–Crippen LogP) is 11.7. The Morgan fingerprint density at radius 3 is 0.652 bits per heavy atom. The third-order valence-corrected chi connectivity index (χ3v) is 8.60. The van der Waals surface area contributed by atoms with E-state index in [1.807, 2.05) is 24.3 Å². The Hall–Kier alpha value is -5.86. The first kappa shape index (κ1) is 28.9. The lowest BCUT2D eigenvalue weighted by Crippen LogP contribution is -1.93. The van der Waals surface area contributed by atoms with Crippen LogP contribution in [0.4, 0.5) is 0 Å². The summed E-state index contributed by atoms with van der Waals surface area (Å²) in [5.41, 5.74) is 14.2. The van der Waals surface area contributed by atoms with Gasteiger partial charge in [0.05, 0.1) is 14.2 Å². The molecule has 0 heterocycles. The molecule has 0 aliphatic heterocycles. The zero-order chi connectivity index (χ0) is 31.3. The van der Waals surface area contributed by atoms with Crippen LogP contribution in [0.5, 0.6) is 11.5 Å². The molecule has 0 saturated carbocycles. The molecule has 0 aliphatic carbocycles. The molecule has 2 heteroatoms. The third kappa shape index (κ3) is 5.58. The molecule has 46 heavy (non-hydrogen) atoms. The third-order valence-electron chi connectivity index (χ3n) is 8.60. The Labute approximate surface area is 271 Å². The van der Waals surface area contributed by atoms with Crippen molar-refractivity contribution in [1.82, 2.24) is 0 Å². The molecule has 7 aromatic carbocycles. The van der Waals surface area contributed by atoms with E-state index >= 15 is 0 Å². The summed E-state index contributed by atoms with van der Waals surface area (Å²) in [7, 11) is 3.40. The molecule has 222 valence electrons. The van der Waals surface area contributed by atoms with Gasteiger partial charge >= 0.3 is 0 Å². The van der Waals surface area contributed by atoms with Gasteiger partial charge in [-0.15, -0.1) is 0 Å². The summed E-state index contributed by atoms with van der Waals surface area (Å²) in [6.07, 6.45) is 0. The SMILES string of the molecule is COc1ccc(-c2ccccc2-c2ccccc2-c2ccccc2-c2ccccc2-c2ccccc2-c2ccc(OC)cc2)cc1. The number of ether oxygens (including phenoxy) is 2. The molecule has 0 amide bonds. The summed E-state index contributed by atoms with van der Waals surface area (Å²) in [6, 6.07) is 60.2. The highest BCUT2D eigenvalue weighted by molar-refractivity contribution is 5.99. The summed E-state index contributed by atoms with van der Waals surface area (Å²) in [5.74, 6) is 1.70. The topological polar surface area (TPSA) is 18.5 Å². The van der Waals surface area contributed by atoms with Gasteiger partial charge in [0.25, 0.3) is 0 Å². The average Bonchev–Trinajstić information content (AvgIpc) is 3.15. The fourth-order valence-corrected chi connectivity index (χ4v) is 6.34. The highest BCUT2D eigenvalue weighted by Crippen LogP contribution is 2.45. The lowest BCUT2D eigenvalue weighted by Gasteiger charge is -2.19. The van der Waals surface area contributed by atoms with Gasteiger partial charge in [-0.05, 0) is 91.0 Å². The van der Waals surface area contributed by atoms with Crippen molar-refractivity contribution in [3.63, 3.8) is 0 Å². The number of methoxy groups -OCH3 is 2. The lowest BCUT2D eigenvalue weighted by atomic mass is 9.84. The van der Waals surface area contributed by atoms with Crippen LogP contribution in [-0.2, 0) is 0 Å². The second-order valence-electron chi connectivity index (χ2n) is 11.2. The summed E-state index contributed by atoms with van der Waals surface area (Å²) in [6.45, 7) is 0. The Morgan fingerprint density at radius 1 is 0.239 bits per heavy atom. The van der Waals surface area contributed by atoms with E-state index in [1.54, 1.807) is 14.2 Å². The maximum absolute atomic E-state index is 5.43. The van der Waals surface area contributed by atoms with Crippen molar-refractivity contribution in [3.05, 3.63) is 170 Å². The fourth-order valence-electron chi connectivity index (χ4n) is 6.34. The zero-order valence-corrected chi connectivity index (χ0v) is 26.0. The Bertz CT molecular complexity index is 1950. The van der Waals surface area contributed by atoms with E-state index in [0.717, 1.165) is 22.6 Å². The second-order valence-corrected chi connectivity index (χ2v) is 11.2. The molecule has 0 saturated heterocycles. The molecule has 0 spiro atoms. The monoisotopic (exact) mass is 594 g/mol. The summed E-state index contributed by atoms with van der Waals surface area (Å²) in [4.78, 5) is 0. The van der Waals surface area contributed by atoms with Gasteiger partial charge in [-0.1, -0.05) is 146 Å². The number of hydrogen-bond donors (Lipinski definition) is 0. The average molecular weight is 595 g/mol. The van der Waals surface area contributed by atoms with Crippen LogP contribution in [0.25, 0.3) is 66.8 Å². The highest BCUT2D eigenvalue weighted by Gasteiger charge is 2.18. The standard InChI is InChI=1S/C44H34O2/c1-45-33-27-23-31(24-28-33)35-13-3-5-15-37(35)39-17-7-9-19-41(39)43-21-11-12-22-44(43)42-20-10-8-18-40(42)38-16-6-4-14-36(38)32-25-29-34(46-2)30-26-32/h3-30H,1-2H3. The minimum atomic E-state index is 0.850. The van der Waals surface area contributed by atoms with Gasteiger partial charge in [-0.3, -0.25) is 0 Å². The second kappa shape index (κ2) is 13.0. The molecule has 0 atom stereocenters. The van der Waals surface area contributed by atoms with E-state index < -0.39 is 0 Å². The molecular weight excluding hydrogens is 560 g/mol. The molecule has 0 aromatic heterocycles. The van der Waals surface area contributed by atoms with Gasteiger partial charge in [-0.2, -0.15) is 0 Å². The first-order valence-corrected chi connectivity index (χ1v) is 15.5. The van der Waals surface area contributed by atoms with Crippen LogP contribution in [0.3, 0.4) is 0 Å². The van der Waals surface area contributed by atoms with Crippen molar-refractivity contribution in [2.45, 2.75) is 0 Å². The van der Waals surface area contributed by atoms with Gasteiger partial charge in [0.15, 0.2) is 0 Å². The quantitative estimate of drug-likeness (QED) is 0.174. The van der Waals surface area contributed by atoms with Crippen molar-refractivity contribution in [3.8, 4) is 78.3 Å². The molecule has 7 aromatic rings. The van der Waals surface area contributed by atoms with Crippen LogP contribution >= 0.6 is 0 Å². The largest absolute Gasteiger partial charge is 0.497 e. The van der Waals surface area contributed by atoms with Gasteiger partial charge in [-0.25, -0.2) is 0 Å². The van der Waals surface area contributed by atoms with E-state index in [0.29, 0.717) is 0 Å². The Morgan fingerprint density at radius 2 is 0.435 bits per heavy atom. The van der Waals surface area contributed by atoms with Gasteiger partial charge in [0.2, 0.25) is 0 Å². The van der Waals surface area contributed by atoms with E-state index in [-0.39, 0.29) is 0 Å². The maximum atomic E-state index is 5.43. The van der Waals surface area contributed by atoms with Crippen molar-refractivity contribution >= 4 is 0 Å². The molecular formula is C44H34O2. The van der Waals surface area contributed by atoms with Crippen LogP contribution in [-0.4, -0.2) is 14.2 Å². The zero-order valence-electron chi connectivity index (χ0n) is 26.0. The first-order valence-electron chi connectivity index (χ1n) is 15.5. The molecule has 0 radical (unpaired) electrons. The molecule has 0 unspecified atom stereocenters. The summed E-state index contributed by atoms with van der Waals surface area (Å²) in [5, 5.41) is 0. The number of hydrogen-bond acceptors (Lipinski definition) is 2. The molecule has 0 fully saturated rings. The summed E-state index contributed by atoms with van der Waals surface area (Å²) >= 11 is 0. The minimum absolute atomic E-state index is 0.850. The van der Waals surface area contributed by atoms with Crippen molar-refractivity contribution in [2.75, 3.05) is 14.2 Å². The van der Waals surface area contributed by atoms with E-state index in [1.165, 1.54) is 55.6 Å². The van der Waals surface area contributed by atoms with Crippen molar-refractivity contribution < 1.29 is 9.47 Å². The summed E-state index contributed by atoms with van der Waals surface area (Å²) < 4.78 is 10.9. The van der Waals surface area contributed by atoms with E-state index in [4.69, 9.17) is 9.47 Å². The molecule has 2 nitrogen and oxygen atoms in total. The smallest absolute Gasteiger partial charge is 0.118 e. The van der Waals surface area contributed by atoms with E-state index in [9.17, 15) is 0 Å². The van der Waals surface area contributed by atoms with Gasteiger partial charge in [0, 0.05) is 0 Å². The number of benzene rings is 7. The molecule has 7 rings (SSSR count). The van der Waals surface area contributed by atoms with Crippen LogP contribution in [0.15, 0.2) is 170 Å². The van der Waals surface area contributed by atoms with Crippen LogP contribution in [0, 0.1) is 0 Å². The van der Waals surface area contributed by atoms with Crippen LogP contribution < -0.4 is 9.47 Å². The highest BCUT2D eigenvalue weighted by atomic mass is 16.5. The van der Waals surface area contributed by atoms with Gasteiger partial charge in [0.1, 0.15) is 11.5 Å². The van der Waals surface area contributed by atoms with Crippen molar-refractivity contribution in [1.29, 1.82) is 0 Å². The van der Waals surface area contributed by atoms with Crippen molar-refractivity contribution in [2.24, 2.45) is 0 Å². The minimum Gasteiger partial charge on any atom is -0.497 e. The lowest BCUT2D eigenvalue weighted by molar-refractivity contribution is 0.415.